The lowest BCUT2D eigenvalue weighted by Crippen LogP contribution is -2.40. The molecule has 0 unspecified atom stereocenters. The predicted octanol–water partition coefficient (Wildman–Crippen LogP) is 3.14. The lowest BCUT2D eigenvalue weighted by Gasteiger charge is -2.38. The van der Waals surface area contributed by atoms with E-state index in [9.17, 15) is 0 Å². The van der Waals surface area contributed by atoms with Crippen molar-refractivity contribution < 1.29 is 4.39 Å². The third kappa shape index (κ3) is 2.64. The summed E-state index contributed by atoms with van der Waals surface area (Å²) in [6.07, 6.45) is 2.71. The summed E-state index contributed by atoms with van der Waals surface area (Å²) in [4.78, 5) is 6.40. The van der Waals surface area contributed by atoms with Gasteiger partial charge in [-0.15, -0.1) is 0 Å². The van der Waals surface area contributed by atoms with Gasteiger partial charge in [-0.25, -0.2) is 15.2 Å². The molecule has 0 amide bonds. The molecule has 4 nitrogen and oxygen atoms in total. The zero-order valence-electron chi connectivity index (χ0n) is 12.7. The molecule has 0 radical (unpaired) electrons. The highest BCUT2D eigenvalue weighted by atomic mass is 19.1. The molecule has 1 saturated heterocycles. The molecular formula is C17H21FN4. The molecule has 116 valence electrons. The van der Waals surface area contributed by atoms with E-state index in [1.807, 2.05) is 43.3 Å². The minimum atomic E-state index is -1.23. The Labute approximate surface area is 130 Å². The third-order valence-corrected chi connectivity index (χ3v) is 4.50. The molecule has 2 aromatic rings. The summed E-state index contributed by atoms with van der Waals surface area (Å²) in [6, 6.07) is 11.4. The van der Waals surface area contributed by atoms with Crippen molar-refractivity contribution in [3.8, 4) is 0 Å². The normalized spacial score (nSPS) is 17.3. The van der Waals surface area contributed by atoms with E-state index in [0.29, 0.717) is 31.7 Å². The van der Waals surface area contributed by atoms with Crippen molar-refractivity contribution in [1.82, 2.24) is 4.98 Å². The molecule has 0 saturated carbocycles. The monoisotopic (exact) mass is 300 g/mol. The number of piperidine rings is 1. The Morgan fingerprint density at radius 3 is 2.50 bits per heavy atom. The summed E-state index contributed by atoms with van der Waals surface area (Å²) in [7, 11) is 0. The second kappa shape index (κ2) is 5.93. The first-order valence-electron chi connectivity index (χ1n) is 7.56. The first kappa shape index (κ1) is 14.8. The highest BCUT2D eigenvalue weighted by Crippen LogP contribution is 2.39. The molecule has 0 atom stereocenters. The van der Waals surface area contributed by atoms with Gasteiger partial charge < -0.3 is 10.3 Å². The van der Waals surface area contributed by atoms with Crippen molar-refractivity contribution >= 4 is 11.5 Å². The number of nitrogens with one attached hydrogen (secondary N) is 1. The van der Waals surface area contributed by atoms with Crippen LogP contribution in [0.15, 0.2) is 42.6 Å². The lowest BCUT2D eigenvalue weighted by molar-refractivity contribution is 0.125. The van der Waals surface area contributed by atoms with E-state index in [1.165, 1.54) is 0 Å². The summed E-state index contributed by atoms with van der Waals surface area (Å²) in [5.74, 6) is 6.14. The van der Waals surface area contributed by atoms with Gasteiger partial charge in [0.15, 0.2) is 0 Å². The number of anilines is 2. The number of nitrogens with two attached hydrogens (primary N) is 1. The molecule has 1 aliphatic heterocycles. The maximum absolute atomic E-state index is 15.2. The molecule has 3 N–H and O–H groups in total. The van der Waals surface area contributed by atoms with Crippen molar-refractivity contribution in [2.45, 2.75) is 25.4 Å². The minimum Gasteiger partial charge on any atom is -0.371 e. The van der Waals surface area contributed by atoms with Crippen molar-refractivity contribution in [1.29, 1.82) is 0 Å². The van der Waals surface area contributed by atoms with Gasteiger partial charge in [0.05, 0.1) is 0 Å². The molecule has 0 spiro atoms. The van der Waals surface area contributed by atoms with Crippen LogP contribution in [0.5, 0.6) is 0 Å². The van der Waals surface area contributed by atoms with E-state index in [-0.39, 0.29) is 0 Å². The van der Waals surface area contributed by atoms with E-state index in [2.05, 4.69) is 15.3 Å². The third-order valence-electron chi connectivity index (χ3n) is 4.50. The molecule has 1 aromatic carbocycles. The molecule has 2 heterocycles. The smallest absolute Gasteiger partial charge is 0.144 e. The minimum absolute atomic E-state index is 0.490. The predicted molar refractivity (Wildman–Crippen MR) is 87.5 cm³/mol. The standard InChI is InChI=1S/C17H21FN4/c1-13-15(7-10-20-16(13)21-19)22-11-8-17(18,9-12-22)14-5-3-2-4-6-14/h2-7,10H,8-9,11-12,19H2,1H3,(H,20,21). The molecule has 5 heteroatoms. The number of hydrogen-bond donors (Lipinski definition) is 2. The maximum atomic E-state index is 15.2. The number of hydrogen-bond acceptors (Lipinski definition) is 4. The Balaban J connectivity index is 1.77. The summed E-state index contributed by atoms with van der Waals surface area (Å²) in [5.41, 5.74) is 4.22. The topological polar surface area (TPSA) is 54.2 Å². The van der Waals surface area contributed by atoms with E-state index < -0.39 is 5.67 Å². The second-order valence-electron chi connectivity index (χ2n) is 5.77. The quantitative estimate of drug-likeness (QED) is 0.675. The first-order valence-corrected chi connectivity index (χ1v) is 7.56. The number of rotatable bonds is 3. The number of pyridine rings is 1. The van der Waals surface area contributed by atoms with Gasteiger partial charge in [-0.3, -0.25) is 0 Å². The van der Waals surface area contributed by atoms with Crippen molar-refractivity contribution in [3.63, 3.8) is 0 Å². The fourth-order valence-corrected chi connectivity index (χ4v) is 3.14. The Morgan fingerprint density at radius 1 is 1.18 bits per heavy atom. The molecule has 3 rings (SSSR count). The fourth-order valence-electron chi connectivity index (χ4n) is 3.14. The highest BCUT2D eigenvalue weighted by molar-refractivity contribution is 5.62. The summed E-state index contributed by atoms with van der Waals surface area (Å²) >= 11 is 0. The van der Waals surface area contributed by atoms with Crippen LogP contribution in [0, 0.1) is 6.92 Å². The van der Waals surface area contributed by atoms with Crippen LogP contribution in [-0.2, 0) is 5.67 Å². The fraction of sp³-hybridized carbons (Fsp3) is 0.353. The maximum Gasteiger partial charge on any atom is 0.144 e. The van der Waals surface area contributed by atoms with Crippen LogP contribution in [0.4, 0.5) is 15.9 Å². The molecular weight excluding hydrogens is 279 g/mol. The van der Waals surface area contributed by atoms with Gasteiger partial charge in [-0.1, -0.05) is 30.3 Å². The van der Waals surface area contributed by atoms with Crippen LogP contribution >= 0.6 is 0 Å². The largest absolute Gasteiger partial charge is 0.371 e. The van der Waals surface area contributed by atoms with Crippen LogP contribution in [0.1, 0.15) is 24.0 Å². The Hall–Kier alpha value is -2.14. The average molecular weight is 300 g/mol. The van der Waals surface area contributed by atoms with E-state index in [4.69, 9.17) is 5.84 Å². The number of benzene rings is 1. The van der Waals surface area contributed by atoms with E-state index in [1.54, 1.807) is 6.20 Å². The lowest BCUT2D eigenvalue weighted by atomic mass is 9.86. The highest BCUT2D eigenvalue weighted by Gasteiger charge is 2.36. The number of aromatic nitrogens is 1. The molecule has 1 fully saturated rings. The van der Waals surface area contributed by atoms with Crippen molar-refractivity contribution in [2.24, 2.45) is 5.84 Å². The zero-order chi connectivity index (χ0) is 15.6. The molecule has 1 aromatic heterocycles. The van der Waals surface area contributed by atoms with Crippen molar-refractivity contribution in [2.75, 3.05) is 23.4 Å². The number of halogens is 1. The van der Waals surface area contributed by atoms with Gasteiger partial charge in [0.1, 0.15) is 11.5 Å². The van der Waals surface area contributed by atoms with Crippen LogP contribution in [-0.4, -0.2) is 18.1 Å². The molecule has 0 aliphatic carbocycles. The molecule has 1 aliphatic rings. The van der Waals surface area contributed by atoms with Gasteiger partial charge >= 0.3 is 0 Å². The summed E-state index contributed by atoms with van der Waals surface area (Å²) in [6.45, 7) is 3.34. The number of nitrogens with zero attached hydrogens (tertiary/aromatic N) is 2. The van der Waals surface area contributed by atoms with Gasteiger partial charge in [0.2, 0.25) is 0 Å². The Kier molecular flexibility index (Phi) is 3.98. The Bertz CT molecular complexity index is 636. The van der Waals surface area contributed by atoms with Crippen molar-refractivity contribution in [3.05, 3.63) is 53.7 Å². The van der Waals surface area contributed by atoms with Gasteiger partial charge in [-0.05, 0) is 18.6 Å². The summed E-state index contributed by atoms with van der Waals surface area (Å²) < 4.78 is 15.2. The summed E-state index contributed by atoms with van der Waals surface area (Å²) in [5, 5.41) is 0. The van der Waals surface area contributed by atoms with Crippen LogP contribution in [0.3, 0.4) is 0 Å². The zero-order valence-corrected chi connectivity index (χ0v) is 12.7. The number of hydrazine groups is 1. The molecule has 0 bridgehead atoms. The number of nitrogen functional groups attached to an aromatic ring is 1. The molecule has 22 heavy (non-hydrogen) atoms. The second-order valence-corrected chi connectivity index (χ2v) is 5.77. The SMILES string of the molecule is Cc1c(N2CCC(F)(c3ccccc3)CC2)ccnc1NN. The van der Waals surface area contributed by atoms with Crippen LogP contribution in [0.2, 0.25) is 0 Å². The van der Waals surface area contributed by atoms with Crippen LogP contribution < -0.4 is 16.2 Å². The van der Waals surface area contributed by atoms with E-state index in [0.717, 1.165) is 16.8 Å². The van der Waals surface area contributed by atoms with Gasteiger partial charge in [0.25, 0.3) is 0 Å². The Morgan fingerprint density at radius 2 is 1.86 bits per heavy atom. The van der Waals surface area contributed by atoms with Gasteiger partial charge in [-0.2, -0.15) is 0 Å². The van der Waals surface area contributed by atoms with Gasteiger partial charge in [0, 0.05) is 43.4 Å². The first-order chi connectivity index (χ1) is 10.6. The average Bonchev–Trinajstić information content (AvgIpc) is 2.57. The van der Waals surface area contributed by atoms with Crippen LogP contribution in [0.25, 0.3) is 0 Å². The number of alkyl halides is 1. The van der Waals surface area contributed by atoms with E-state index >= 15 is 4.39 Å².